The van der Waals surface area contributed by atoms with Crippen LogP contribution in [0.25, 0.3) is 16.3 Å². The average molecular weight is 328 g/mol. The number of carbonyl (C=O) groups is 1. The number of methoxy groups -OCH3 is 1. The number of hydrogen-bond acceptors (Lipinski definition) is 3. The molecule has 2 aromatic rings. The topological polar surface area (TPSA) is 35.5 Å². The van der Waals surface area contributed by atoms with E-state index in [1.807, 2.05) is 42.5 Å². The third kappa shape index (κ3) is 3.65. The largest absolute Gasteiger partial charge is 0.464 e. The van der Waals surface area contributed by atoms with Crippen molar-refractivity contribution in [2.75, 3.05) is 20.3 Å². The maximum Gasteiger partial charge on any atom is 0.367 e. The fraction of sp³-hybridized carbons (Fsp3) is 0.350. The van der Waals surface area contributed by atoms with E-state index < -0.39 is 11.8 Å². The van der Waals surface area contributed by atoms with Gasteiger partial charge in [0.05, 0.1) is 7.11 Å². The Morgan fingerprint density at radius 3 is 2.58 bits per heavy atom. The van der Waals surface area contributed by atoms with E-state index in [-0.39, 0.29) is 0 Å². The number of ether oxygens (including phenoxy) is 2. The van der Waals surface area contributed by atoms with Crippen molar-refractivity contribution in [3.05, 3.63) is 53.9 Å². The highest BCUT2D eigenvalue weighted by Gasteiger charge is 2.23. The molecule has 0 unspecified atom stereocenters. The number of esters is 1. The van der Waals surface area contributed by atoms with E-state index in [1.165, 1.54) is 7.11 Å². The molecule has 0 aliphatic carbocycles. The molecule has 24 heavy (non-hydrogen) atoms. The van der Waals surface area contributed by atoms with Crippen molar-refractivity contribution in [3.63, 3.8) is 0 Å². The van der Waals surface area contributed by atoms with Gasteiger partial charge in [-0.2, -0.15) is 4.39 Å². The minimum absolute atomic E-state index is 0.315. The molecule has 1 fully saturated rings. The van der Waals surface area contributed by atoms with Gasteiger partial charge in [0.25, 0.3) is 0 Å². The molecule has 3 nitrogen and oxygen atoms in total. The molecule has 1 aliphatic heterocycles. The van der Waals surface area contributed by atoms with Crippen molar-refractivity contribution in [2.24, 2.45) is 5.92 Å². The van der Waals surface area contributed by atoms with Crippen molar-refractivity contribution in [1.29, 1.82) is 0 Å². The van der Waals surface area contributed by atoms with Crippen LogP contribution in [0.3, 0.4) is 0 Å². The molecule has 0 radical (unpaired) electrons. The second-order valence-corrected chi connectivity index (χ2v) is 6.11. The summed E-state index contributed by atoms with van der Waals surface area (Å²) in [4.78, 5) is 11.8. The van der Waals surface area contributed by atoms with Gasteiger partial charge in [-0.1, -0.05) is 36.4 Å². The van der Waals surface area contributed by atoms with Gasteiger partial charge >= 0.3 is 5.97 Å². The minimum atomic E-state index is -0.912. The summed E-state index contributed by atoms with van der Waals surface area (Å²) < 4.78 is 24.6. The molecular formula is C20H21FO3. The molecule has 1 heterocycles. The quantitative estimate of drug-likeness (QED) is 0.612. The first-order chi connectivity index (χ1) is 11.7. The molecule has 0 bridgehead atoms. The van der Waals surface area contributed by atoms with E-state index in [1.54, 1.807) is 0 Å². The van der Waals surface area contributed by atoms with E-state index in [4.69, 9.17) is 4.74 Å². The van der Waals surface area contributed by atoms with Crippen LogP contribution in [-0.2, 0) is 14.3 Å². The van der Waals surface area contributed by atoms with Crippen LogP contribution >= 0.6 is 0 Å². The van der Waals surface area contributed by atoms with E-state index in [2.05, 4.69) is 4.74 Å². The normalized spacial score (nSPS) is 16.8. The lowest BCUT2D eigenvalue weighted by atomic mass is 9.88. The van der Waals surface area contributed by atoms with Crippen LogP contribution in [0.1, 0.15) is 24.8 Å². The fourth-order valence-corrected chi connectivity index (χ4v) is 3.16. The zero-order chi connectivity index (χ0) is 16.9. The van der Waals surface area contributed by atoms with Gasteiger partial charge in [-0.15, -0.1) is 0 Å². The number of hydrogen-bond donors (Lipinski definition) is 0. The molecule has 0 N–H and O–H groups in total. The molecule has 1 saturated heterocycles. The van der Waals surface area contributed by atoms with Crippen molar-refractivity contribution in [3.8, 4) is 0 Å². The molecule has 2 aromatic carbocycles. The maximum atomic E-state index is 14.7. The predicted molar refractivity (Wildman–Crippen MR) is 92.2 cm³/mol. The molecule has 0 amide bonds. The molecule has 0 spiro atoms. The van der Waals surface area contributed by atoms with Crippen LogP contribution in [0.4, 0.5) is 4.39 Å². The van der Waals surface area contributed by atoms with E-state index in [0.29, 0.717) is 31.1 Å². The Kier molecular flexibility index (Phi) is 5.26. The van der Waals surface area contributed by atoms with Crippen LogP contribution < -0.4 is 0 Å². The predicted octanol–water partition coefficient (Wildman–Crippen LogP) is 4.51. The minimum Gasteiger partial charge on any atom is -0.464 e. The Bertz CT molecular complexity index is 760. The lowest BCUT2D eigenvalue weighted by molar-refractivity contribution is -0.137. The molecule has 1 aliphatic rings. The molecular weight excluding hydrogens is 307 g/mol. The van der Waals surface area contributed by atoms with E-state index in [9.17, 15) is 9.18 Å². The lowest BCUT2D eigenvalue weighted by Crippen LogP contribution is -2.17. The SMILES string of the molecule is COC(=O)/C(F)=C(\CC1CCOCC1)c1ccc2ccccc2c1. The standard InChI is InChI=1S/C20H21FO3/c1-23-20(22)19(21)18(12-14-8-10-24-11-9-14)17-7-6-15-4-2-3-5-16(15)13-17/h2-7,13-14H,8-12H2,1H3/b19-18-. The Morgan fingerprint density at radius 1 is 1.17 bits per heavy atom. The fourth-order valence-electron chi connectivity index (χ4n) is 3.16. The van der Waals surface area contributed by atoms with Gasteiger partial charge in [0, 0.05) is 18.8 Å². The molecule has 126 valence electrons. The summed E-state index contributed by atoms with van der Waals surface area (Å²) in [7, 11) is 1.20. The first-order valence-corrected chi connectivity index (χ1v) is 8.23. The highest BCUT2D eigenvalue weighted by molar-refractivity contribution is 5.96. The van der Waals surface area contributed by atoms with Crippen LogP contribution in [-0.4, -0.2) is 26.3 Å². The van der Waals surface area contributed by atoms with Crippen molar-refractivity contribution < 1.29 is 18.7 Å². The Hall–Kier alpha value is -2.20. The summed E-state index contributed by atoms with van der Waals surface area (Å²) in [6.07, 6.45) is 2.28. The van der Waals surface area contributed by atoms with Gasteiger partial charge < -0.3 is 9.47 Å². The smallest absolute Gasteiger partial charge is 0.367 e. The number of halogens is 1. The zero-order valence-corrected chi connectivity index (χ0v) is 13.8. The molecule has 0 saturated carbocycles. The van der Waals surface area contributed by atoms with Gasteiger partial charge in [0.1, 0.15) is 0 Å². The van der Waals surface area contributed by atoms with E-state index >= 15 is 0 Å². The lowest BCUT2D eigenvalue weighted by Gasteiger charge is -2.23. The van der Waals surface area contributed by atoms with Crippen LogP contribution in [0.5, 0.6) is 0 Å². The van der Waals surface area contributed by atoms with Crippen LogP contribution in [0.2, 0.25) is 0 Å². The van der Waals surface area contributed by atoms with Gasteiger partial charge in [-0.05, 0) is 47.6 Å². The Morgan fingerprint density at radius 2 is 1.88 bits per heavy atom. The van der Waals surface area contributed by atoms with Gasteiger partial charge in [-0.3, -0.25) is 0 Å². The number of rotatable bonds is 4. The summed E-state index contributed by atoms with van der Waals surface area (Å²) in [6, 6.07) is 13.7. The molecule has 3 rings (SSSR count). The Labute approximate surface area is 141 Å². The van der Waals surface area contributed by atoms with Crippen molar-refractivity contribution in [2.45, 2.75) is 19.3 Å². The van der Waals surface area contributed by atoms with Gasteiger partial charge in [-0.25, -0.2) is 4.79 Å². The summed E-state index contributed by atoms with van der Waals surface area (Å²) in [5, 5.41) is 2.11. The van der Waals surface area contributed by atoms with Crippen LogP contribution in [0, 0.1) is 5.92 Å². The number of allylic oxidation sites excluding steroid dienone is 1. The second kappa shape index (κ2) is 7.58. The van der Waals surface area contributed by atoms with Crippen LogP contribution in [0.15, 0.2) is 48.3 Å². The summed E-state index contributed by atoms with van der Waals surface area (Å²) in [6.45, 7) is 1.38. The number of benzene rings is 2. The molecule has 4 heteroatoms. The number of carbonyl (C=O) groups excluding carboxylic acids is 1. The van der Waals surface area contributed by atoms with E-state index in [0.717, 1.165) is 29.2 Å². The van der Waals surface area contributed by atoms with Gasteiger partial charge in [0.2, 0.25) is 5.83 Å². The summed E-state index contributed by atoms with van der Waals surface area (Å²) >= 11 is 0. The highest BCUT2D eigenvalue weighted by atomic mass is 19.1. The third-order valence-electron chi connectivity index (χ3n) is 4.56. The zero-order valence-electron chi connectivity index (χ0n) is 13.8. The summed E-state index contributed by atoms with van der Waals surface area (Å²) in [5.41, 5.74) is 1.17. The monoisotopic (exact) mass is 328 g/mol. The third-order valence-corrected chi connectivity index (χ3v) is 4.56. The van der Waals surface area contributed by atoms with Crippen molar-refractivity contribution in [1.82, 2.24) is 0 Å². The maximum absolute atomic E-state index is 14.7. The summed E-state index contributed by atoms with van der Waals surface area (Å²) in [5.74, 6) is -1.39. The molecule has 0 aromatic heterocycles. The first kappa shape index (κ1) is 16.7. The Balaban J connectivity index is 2.00. The second-order valence-electron chi connectivity index (χ2n) is 6.11. The van der Waals surface area contributed by atoms with Gasteiger partial charge in [0.15, 0.2) is 0 Å². The number of fused-ring (bicyclic) bond motifs is 1. The van der Waals surface area contributed by atoms with Crippen molar-refractivity contribution >= 4 is 22.3 Å². The molecule has 0 atom stereocenters. The highest BCUT2D eigenvalue weighted by Crippen LogP contribution is 2.33. The first-order valence-electron chi connectivity index (χ1n) is 8.23. The average Bonchev–Trinajstić information content (AvgIpc) is 2.65.